The molecule has 1 aliphatic rings. The molecule has 1 saturated carbocycles. The Morgan fingerprint density at radius 1 is 1.29 bits per heavy atom. The van der Waals surface area contributed by atoms with Crippen molar-refractivity contribution in [1.82, 2.24) is 9.97 Å². The lowest BCUT2D eigenvalue weighted by Gasteiger charge is -2.18. The van der Waals surface area contributed by atoms with Crippen LogP contribution in [-0.2, 0) is 16.0 Å². The van der Waals surface area contributed by atoms with Gasteiger partial charge in [-0.15, -0.1) is 0 Å². The molecule has 168 valence electrons. The SMILES string of the molecule is Cc1ccc(Nc2ncc(C(F)(F)F)c(NC3CC3)n2)c(C=N)c1NCCS(C)(=O)=O. The fourth-order valence-corrected chi connectivity index (χ4v) is 3.36. The van der Waals surface area contributed by atoms with Crippen molar-refractivity contribution in [2.24, 2.45) is 0 Å². The van der Waals surface area contributed by atoms with Gasteiger partial charge in [-0.1, -0.05) is 6.07 Å². The highest BCUT2D eigenvalue weighted by Crippen LogP contribution is 2.36. The van der Waals surface area contributed by atoms with Crippen LogP contribution >= 0.6 is 0 Å². The number of hydrogen-bond donors (Lipinski definition) is 4. The molecule has 1 aliphatic carbocycles. The minimum Gasteiger partial charge on any atom is -0.383 e. The van der Waals surface area contributed by atoms with Crippen LogP contribution in [-0.4, -0.2) is 49.2 Å². The Labute approximate surface area is 178 Å². The van der Waals surface area contributed by atoms with Crippen molar-refractivity contribution in [1.29, 1.82) is 5.41 Å². The number of hydrogen-bond acceptors (Lipinski definition) is 8. The molecular weight excluding hydrogens is 433 g/mol. The summed E-state index contributed by atoms with van der Waals surface area (Å²) in [5.74, 6) is -0.424. The second-order valence-corrected chi connectivity index (χ2v) is 9.68. The Kier molecular flexibility index (Phi) is 6.39. The van der Waals surface area contributed by atoms with Gasteiger partial charge in [-0.2, -0.15) is 18.2 Å². The number of aromatic nitrogens is 2. The maximum atomic E-state index is 13.3. The molecule has 1 aromatic heterocycles. The van der Waals surface area contributed by atoms with Crippen LogP contribution in [0.2, 0.25) is 0 Å². The van der Waals surface area contributed by atoms with Gasteiger partial charge in [0.25, 0.3) is 0 Å². The first-order valence-electron chi connectivity index (χ1n) is 9.51. The number of alkyl halides is 3. The molecule has 8 nitrogen and oxygen atoms in total. The molecule has 2 aromatic rings. The average Bonchev–Trinajstić information content (AvgIpc) is 3.46. The maximum absolute atomic E-state index is 13.3. The van der Waals surface area contributed by atoms with Crippen LogP contribution in [0.25, 0.3) is 0 Å². The van der Waals surface area contributed by atoms with Crippen molar-refractivity contribution >= 4 is 39.2 Å². The van der Waals surface area contributed by atoms with Gasteiger partial charge in [0.2, 0.25) is 5.95 Å². The van der Waals surface area contributed by atoms with Gasteiger partial charge < -0.3 is 21.4 Å². The second kappa shape index (κ2) is 8.69. The number of sulfone groups is 1. The van der Waals surface area contributed by atoms with Crippen LogP contribution in [0.5, 0.6) is 0 Å². The monoisotopic (exact) mass is 456 g/mol. The van der Waals surface area contributed by atoms with E-state index >= 15 is 0 Å². The molecule has 3 rings (SSSR count). The van der Waals surface area contributed by atoms with Gasteiger partial charge in [0, 0.05) is 42.5 Å². The lowest BCUT2D eigenvalue weighted by molar-refractivity contribution is -0.137. The van der Waals surface area contributed by atoms with Crippen molar-refractivity contribution in [2.45, 2.75) is 32.0 Å². The third-order valence-corrected chi connectivity index (χ3v) is 5.58. The van der Waals surface area contributed by atoms with E-state index in [0.29, 0.717) is 16.9 Å². The van der Waals surface area contributed by atoms with Crippen molar-refractivity contribution < 1.29 is 21.6 Å². The molecule has 12 heteroatoms. The van der Waals surface area contributed by atoms with Gasteiger partial charge in [-0.25, -0.2) is 13.4 Å². The smallest absolute Gasteiger partial charge is 0.383 e. The van der Waals surface area contributed by atoms with Crippen molar-refractivity contribution in [3.63, 3.8) is 0 Å². The van der Waals surface area contributed by atoms with Crippen LogP contribution in [0, 0.1) is 12.3 Å². The highest BCUT2D eigenvalue weighted by Gasteiger charge is 2.37. The molecule has 0 radical (unpaired) electrons. The van der Waals surface area contributed by atoms with Crippen molar-refractivity contribution in [3.8, 4) is 0 Å². The number of rotatable bonds is 9. The van der Waals surface area contributed by atoms with Crippen LogP contribution in [0.1, 0.15) is 29.5 Å². The van der Waals surface area contributed by atoms with Gasteiger partial charge in [-0.3, -0.25) is 0 Å². The van der Waals surface area contributed by atoms with Gasteiger partial charge in [0.1, 0.15) is 21.2 Å². The average molecular weight is 456 g/mol. The van der Waals surface area contributed by atoms with E-state index in [1.165, 1.54) is 0 Å². The summed E-state index contributed by atoms with van der Waals surface area (Å²) >= 11 is 0. The zero-order chi connectivity index (χ0) is 22.8. The van der Waals surface area contributed by atoms with Crippen molar-refractivity contribution in [3.05, 3.63) is 35.0 Å². The Morgan fingerprint density at radius 3 is 2.58 bits per heavy atom. The van der Waals surface area contributed by atoms with Gasteiger partial charge in [0.15, 0.2) is 0 Å². The molecule has 0 spiro atoms. The molecule has 1 fully saturated rings. The van der Waals surface area contributed by atoms with Crippen LogP contribution < -0.4 is 16.0 Å². The normalized spacial score (nSPS) is 14.2. The zero-order valence-electron chi connectivity index (χ0n) is 17.0. The summed E-state index contributed by atoms with van der Waals surface area (Å²) in [6.45, 7) is 1.95. The van der Waals surface area contributed by atoms with Crippen LogP contribution in [0.15, 0.2) is 18.3 Å². The van der Waals surface area contributed by atoms with E-state index in [0.717, 1.165) is 37.1 Å². The third-order valence-electron chi connectivity index (χ3n) is 4.63. The molecule has 0 atom stereocenters. The Hall–Kier alpha value is -2.89. The summed E-state index contributed by atoms with van der Waals surface area (Å²) in [5, 5.41) is 16.5. The molecule has 1 aromatic carbocycles. The number of nitrogens with zero attached hydrogens (tertiary/aromatic N) is 2. The summed E-state index contributed by atoms with van der Waals surface area (Å²) in [4.78, 5) is 7.80. The van der Waals surface area contributed by atoms with Crippen LogP contribution in [0.4, 0.5) is 36.3 Å². The summed E-state index contributed by atoms with van der Waals surface area (Å²) in [6.07, 6.45) is -0.0945. The first-order valence-corrected chi connectivity index (χ1v) is 11.6. The third kappa shape index (κ3) is 6.06. The van der Waals surface area contributed by atoms with E-state index in [9.17, 15) is 21.6 Å². The molecule has 0 bridgehead atoms. The molecule has 0 unspecified atom stereocenters. The van der Waals surface area contributed by atoms with E-state index in [1.807, 2.05) is 0 Å². The number of aryl methyl sites for hydroxylation is 1. The summed E-state index contributed by atoms with van der Waals surface area (Å²) in [6, 6.07) is 3.36. The van der Waals surface area contributed by atoms with Crippen molar-refractivity contribution in [2.75, 3.05) is 34.5 Å². The van der Waals surface area contributed by atoms with Gasteiger partial charge in [0.05, 0.1) is 11.4 Å². The predicted octanol–water partition coefficient (Wildman–Crippen LogP) is 3.58. The summed E-state index contributed by atoms with van der Waals surface area (Å²) < 4.78 is 62.6. The maximum Gasteiger partial charge on any atom is 0.421 e. The van der Waals surface area contributed by atoms with E-state index in [-0.39, 0.29) is 30.1 Å². The summed E-state index contributed by atoms with van der Waals surface area (Å²) in [7, 11) is -3.17. The van der Waals surface area contributed by atoms with E-state index < -0.39 is 21.6 Å². The topological polar surface area (TPSA) is 120 Å². The largest absolute Gasteiger partial charge is 0.421 e. The van der Waals surface area contributed by atoms with Gasteiger partial charge in [-0.05, 0) is 31.4 Å². The minimum absolute atomic E-state index is 0.0361. The second-order valence-electron chi connectivity index (χ2n) is 7.42. The number of benzene rings is 1. The molecule has 31 heavy (non-hydrogen) atoms. The number of anilines is 4. The standard InChI is InChI=1S/C19H23F3N6O2S/c1-11-3-6-15(13(9-23)16(11)24-7-8-31(2,29)30)27-18-25-10-14(19(20,21)22)17(28-18)26-12-4-5-12/h3,6,9-10,12,23-24H,4-5,7-8H2,1-2H3,(H2,25,26,27,28). The summed E-state index contributed by atoms with van der Waals surface area (Å²) in [5.41, 5.74) is 1.20. The van der Waals surface area contributed by atoms with E-state index in [1.54, 1.807) is 19.1 Å². The number of halogens is 3. The van der Waals surface area contributed by atoms with E-state index in [2.05, 4.69) is 25.9 Å². The molecule has 0 aliphatic heterocycles. The molecule has 0 saturated heterocycles. The fourth-order valence-electron chi connectivity index (χ4n) is 2.88. The Bertz CT molecular complexity index is 1080. The first kappa shape index (κ1) is 22.8. The molecule has 0 amide bonds. The van der Waals surface area contributed by atoms with Gasteiger partial charge >= 0.3 is 6.18 Å². The molecule has 4 N–H and O–H groups in total. The molecular formula is C19H23F3N6O2S. The fraction of sp³-hybridized carbons (Fsp3) is 0.421. The first-order chi connectivity index (χ1) is 14.5. The Balaban J connectivity index is 1.89. The zero-order valence-corrected chi connectivity index (χ0v) is 17.8. The predicted molar refractivity (Wildman–Crippen MR) is 114 cm³/mol. The highest BCUT2D eigenvalue weighted by atomic mass is 32.2. The quantitative estimate of drug-likeness (QED) is 0.426. The Morgan fingerprint density at radius 2 is 2.00 bits per heavy atom. The highest BCUT2D eigenvalue weighted by molar-refractivity contribution is 7.90. The number of nitrogens with one attached hydrogen (secondary N) is 4. The lowest BCUT2D eigenvalue weighted by atomic mass is 10.1. The minimum atomic E-state index is -4.59. The van der Waals surface area contributed by atoms with Crippen LogP contribution in [0.3, 0.4) is 0 Å². The lowest BCUT2D eigenvalue weighted by Crippen LogP contribution is -2.17. The molecule has 1 heterocycles. The van der Waals surface area contributed by atoms with E-state index in [4.69, 9.17) is 5.41 Å².